The Bertz CT molecular complexity index is 1290. The van der Waals surface area contributed by atoms with E-state index in [9.17, 15) is 9.59 Å². The molecule has 0 fully saturated rings. The first-order valence-electron chi connectivity index (χ1n) is 9.02. The third-order valence-electron chi connectivity index (χ3n) is 4.71. The maximum Gasteiger partial charge on any atom is 0.264 e. The van der Waals surface area contributed by atoms with E-state index in [0.29, 0.717) is 33.6 Å². The van der Waals surface area contributed by atoms with Crippen molar-refractivity contribution in [2.75, 3.05) is 12.4 Å². The van der Waals surface area contributed by atoms with Crippen LogP contribution >= 0.6 is 0 Å². The Labute approximate surface area is 166 Å². The van der Waals surface area contributed by atoms with Crippen molar-refractivity contribution in [3.8, 4) is 11.6 Å². The summed E-state index contributed by atoms with van der Waals surface area (Å²) in [5.41, 5.74) is 1.68. The van der Waals surface area contributed by atoms with Gasteiger partial charge in [-0.3, -0.25) is 14.2 Å². The van der Waals surface area contributed by atoms with Crippen LogP contribution < -0.4 is 15.6 Å². The third-order valence-corrected chi connectivity index (χ3v) is 4.71. The number of benzene rings is 2. The second kappa shape index (κ2) is 7.27. The number of hydrogen-bond donors (Lipinski definition) is 1. The first-order chi connectivity index (χ1) is 14.0. The second-order valence-electron chi connectivity index (χ2n) is 6.69. The van der Waals surface area contributed by atoms with Gasteiger partial charge in [-0.1, -0.05) is 11.2 Å². The number of rotatable bonds is 4. The van der Waals surface area contributed by atoms with E-state index >= 15 is 0 Å². The van der Waals surface area contributed by atoms with Crippen molar-refractivity contribution < 1.29 is 14.1 Å². The molecule has 0 saturated heterocycles. The van der Waals surface area contributed by atoms with Gasteiger partial charge in [-0.15, -0.1) is 0 Å². The van der Waals surface area contributed by atoms with Crippen LogP contribution in [0.3, 0.4) is 0 Å². The highest BCUT2D eigenvalue weighted by Crippen LogP contribution is 2.24. The molecular formula is C22H19N3O4. The van der Waals surface area contributed by atoms with Crippen LogP contribution in [0.25, 0.3) is 16.6 Å². The molecule has 0 atom stereocenters. The lowest BCUT2D eigenvalue weighted by Crippen LogP contribution is -2.19. The van der Waals surface area contributed by atoms with Crippen LogP contribution in [0, 0.1) is 13.8 Å². The van der Waals surface area contributed by atoms with Gasteiger partial charge in [-0.25, -0.2) is 0 Å². The van der Waals surface area contributed by atoms with Crippen molar-refractivity contribution in [1.29, 1.82) is 0 Å². The molecule has 0 aliphatic carbocycles. The van der Waals surface area contributed by atoms with Crippen LogP contribution in [0.1, 0.15) is 21.7 Å². The van der Waals surface area contributed by atoms with E-state index in [2.05, 4.69) is 10.5 Å². The number of pyridine rings is 1. The molecule has 29 heavy (non-hydrogen) atoms. The molecule has 4 aromatic rings. The molecule has 0 radical (unpaired) electrons. The van der Waals surface area contributed by atoms with Crippen LogP contribution in [0.4, 0.5) is 5.69 Å². The summed E-state index contributed by atoms with van der Waals surface area (Å²) >= 11 is 0. The van der Waals surface area contributed by atoms with Crippen molar-refractivity contribution in [3.05, 3.63) is 82.0 Å². The summed E-state index contributed by atoms with van der Waals surface area (Å²) in [5, 5.41) is 7.90. The predicted molar refractivity (Wildman–Crippen MR) is 110 cm³/mol. The number of aryl methyl sites for hydroxylation is 2. The Kier molecular flexibility index (Phi) is 4.64. The zero-order chi connectivity index (χ0) is 20.5. The first-order valence-corrected chi connectivity index (χ1v) is 9.02. The van der Waals surface area contributed by atoms with E-state index in [0.717, 1.165) is 11.3 Å². The normalized spacial score (nSPS) is 10.9. The van der Waals surface area contributed by atoms with Gasteiger partial charge in [-0.2, -0.15) is 0 Å². The minimum Gasteiger partial charge on any atom is -0.496 e. The second-order valence-corrected chi connectivity index (χ2v) is 6.69. The Hall–Kier alpha value is -3.87. The standard InChI is InChI=1S/C22H19N3O4/c1-13-11-15(7-8-19(13)28-3)21(26)23-18-6-4-5-17-16(18)9-10-25(22(17)27)20-12-14(2)29-24-20/h4-12H,1-3H3,(H,23,26). The zero-order valence-electron chi connectivity index (χ0n) is 16.2. The van der Waals surface area contributed by atoms with Gasteiger partial charge < -0.3 is 14.6 Å². The van der Waals surface area contributed by atoms with Gasteiger partial charge in [0.05, 0.1) is 7.11 Å². The molecule has 7 heteroatoms. The predicted octanol–water partition coefficient (Wildman–Crippen LogP) is 3.86. The summed E-state index contributed by atoms with van der Waals surface area (Å²) in [6.07, 6.45) is 1.62. The highest BCUT2D eigenvalue weighted by molar-refractivity contribution is 6.09. The average molecular weight is 389 g/mol. The molecule has 4 rings (SSSR count). The molecule has 2 aromatic carbocycles. The highest BCUT2D eigenvalue weighted by Gasteiger charge is 2.13. The van der Waals surface area contributed by atoms with Crippen LogP contribution in [-0.2, 0) is 0 Å². The van der Waals surface area contributed by atoms with Gasteiger partial charge in [0.2, 0.25) is 0 Å². The summed E-state index contributed by atoms with van der Waals surface area (Å²) in [7, 11) is 1.59. The summed E-state index contributed by atoms with van der Waals surface area (Å²) < 4.78 is 11.7. The Morgan fingerprint density at radius 3 is 2.62 bits per heavy atom. The number of aromatic nitrogens is 2. The lowest BCUT2D eigenvalue weighted by Gasteiger charge is -2.11. The molecule has 2 heterocycles. The molecule has 0 bridgehead atoms. The topological polar surface area (TPSA) is 86.4 Å². The highest BCUT2D eigenvalue weighted by atomic mass is 16.5. The van der Waals surface area contributed by atoms with E-state index in [4.69, 9.17) is 9.26 Å². The van der Waals surface area contributed by atoms with Crippen molar-refractivity contribution in [2.45, 2.75) is 13.8 Å². The molecule has 0 unspecified atom stereocenters. The minimum atomic E-state index is -0.264. The molecule has 7 nitrogen and oxygen atoms in total. The molecule has 0 spiro atoms. The van der Waals surface area contributed by atoms with E-state index in [1.165, 1.54) is 4.57 Å². The molecule has 1 amide bonds. The first kappa shape index (κ1) is 18.5. The minimum absolute atomic E-state index is 0.243. The number of fused-ring (bicyclic) bond motifs is 1. The molecular weight excluding hydrogens is 370 g/mol. The van der Waals surface area contributed by atoms with Crippen LogP contribution in [0.2, 0.25) is 0 Å². The molecule has 1 N–H and O–H groups in total. The lowest BCUT2D eigenvalue weighted by molar-refractivity contribution is 0.102. The fraction of sp³-hybridized carbons (Fsp3) is 0.136. The van der Waals surface area contributed by atoms with Gasteiger partial charge in [0, 0.05) is 34.3 Å². The largest absolute Gasteiger partial charge is 0.496 e. The molecule has 0 aliphatic rings. The summed E-state index contributed by atoms with van der Waals surface area (Å²) in [6.45, 7) is 3.64. The molecule has 0 saturated carbocycles. The molecule has 146 valence electrons. The van der Waals surface area contributed by atoms with Gasteiger partial charge in [0.1, 0.15) is 11.5 Å². The summed E-state index contributed by atoms with van der Waals surface area (Å²) in [4.78, 5) is 25.6. The van der Waals surface area contributed by atoms with E-state index in [1.807, 2.05) is 6.92 Å². The van der Waals surface area contributed by atoms with Crippen molar-refractivity contribution in [1.82, 2.24) is 9.72 Å². The third kappa shape index (κ3) is 3.38. The maximum atomic E-state index is 12.9. The van der Waals surface area contributed by atoms with Crippen LogP contribution in [0.15, 0.2) is 64.0 Å². The van der Waals surface area contributed by atoms with Gasteiger partial charge >= 0.3 is 0 Å². The number of hydrogen-bond acceptors (Lipinski definition) is 5. The van der Waals surface area contributed by atoms with E-state index < -0.39 is 0 Å². The Balaban J connectivity index is 1.71. The number of nitrogens with one attached hydrogen (secondary N) is 1. The number of carbonyl (C=O) groups excluding carboxylic acids is 1. The van der Waals surface area contributed by atoms with E-state index in [1.54, 1.807) is 68.8 Å². The van der Waals surface area contributed by atoms with Crippen LogP contribution in [-0.4, -0.2) is 22.7 Å². The number of ether oxygens (including phenoxy) is 1. The Morgan fingerprint density at radius 2 is 1.93 bits per heavy atom. The maximum absolute atomic E-state index is 12.9. The molecule has 2 aromatic heterocycles. The number of carbonyl (C=O) groups is 1. The number of methoxy groups -OCH3 is 1. The van der Waals surface area contributed by atoms with Crippen LogP contribution in [0.5, 0.6) is 5.75 Å². The quantitative estimate of drug-likeness (QED) is 0.573. The SMILES string of the molecule is COc1ccc(C(=O)Nc2cccc3c(=O)n(-c4cc(C)on4)ccc23)cc1C. The van der Waals surface area contributed by atoms with Crippen molar-refractivity contribution >= 4 is 22.4 Å². The molecule has 0 aliphatic heterocycles. The monoisotopic (exact) mass is 389 g/mol. The van der Waals surface area contributed by atoms with Gasteiger partial charge in [0.15, 0.2) is 5.82 Å². The van der Waals surface area contributed by atoms with Gasteiger partial charge in [0.25, 0.3) is 11.5 Å². The fourth-order valence-electron chi connectivity index (χ4n) is 3.25. The smallest absolute Gasteiger partial charge is 0.264 e. The fourth-order valence-corrected chi connectivity index (χ4v) is 3.25. The van der Waals surface area contributed by atoms with Crippen molar-refractivity contribution in [2.24, 2.45) is 0 Å². The zero-order valence-corrected chi connectivity index (χ0v) is 16.2. The number of nitrogens with zero attached hydrogens (tertiary/aromatic N) is 2. The average Bonchev–Trinajstić information content (AvgIpc) is 3.14. The van der Waals surface area contributed by atoms with Crippen molar-refractivity contribution in [3.63, 3.8) is 0 Å². The number of amides is 1. The Morgan fingerprint density at radius 1 is 1.10 bits per heavy atom. The summed E-state index contributed by atoms with van der Waals surface area (Å²) in [6, 6.07) is 13.9. The number of anilines is 1. The van der Waals surface area contributed by atoms with E-state index in [-0.39, 0.29) is 11.5 Å². The summed E-state index contributed by atoms with van der Waals surface area (Å²) in [5.74, 6) is 1.48. The van der Waals surface area contributed by atoms with Gasteiger partial charge in [-0.05, 0) is 55.8 Å². The lowest BCUT2D eigenvalue weighted by atomic mass is 10.1.